The first kappa shape index (κ1) is 18.1. The Labute approximate surface area is 163 Å². The van der Waals surface area contributed by atoms with Gasteiger partial charge >= 0.3 is 0 Å². The molecule has 1 aromatic heterocycles. The van der Waals surface area contributed by atoms with Crippen LogP contribution in [0.5, 0.6) is 0 Å². The summed E-state index contributed by atoms with van der Waals surface area (Å²) in [6.07, 6.45) is 4.48. The Balaban J connectivity index is 1.44. The molecule has 0 saturated carbocycles. The molecular weight excluding hydrogens is 334 g/mol. The third kappa shape index (κ3) is 3.87. The van der Waals surface area contributed by atoms with Crippen molar-refractivity contribution in [1.82, 2.24) is 9.97 Å². The minimum Gasteiger partial charge on any atom is -0.368 e. The predicted octanol–water partition coefficient (Wildman–Crippen LogP) is 3.66. The Kier molecular flexibility index (Phi) is 5.19. The maximum absolute atomic E-state index is 4.91. The number of rotatable bonds is 3. The fraction of sp³-hybridized carbons (Fsp3) is 0.545. The van der Waals surface area contributed by atoms with Crippen molar-refractivity contribution in [3.05, 3.63) is 41.6 Å². The number of aromatic nitrogens is 2. The molecular formula is C22H31N5. The van der Waals surface area contributed by atoms with Crippen LogP contribution in [0.1, 0.15) is 30.9 Å². The SMILES string of the molecule is Cc1cccc(N2CCN(c3ccnc(N4CCCC(C)C4)n3)CC2)c1C. The molecule has 0 aliphatic carbocycles. The zero-order chi connectivity index (χ0) is 18.8. The van der Waals surface area contributed by atoms with Gasteiger partial charge in [0.1, 0.15) is 5.82 Å². The van der Waals surface area contributed by atoms with Crippen LogP contribution in [-0.2, 0) is 0 Å². The third-order valence-corrected chi connectivity index (χ3v) is 6.09. The van der Waals surface area contributed by atoms with Crippen molar-refractivity contribution in [3.63, 3.8) is 0 Å². The van der Waals surface area contributed by atoms with Crippen LogP contribution in [0.25, 0.3) is 0 Å². The monoisotopic (exact) mass is 365 g/mol. The predicted molar refractivity (Wildman–Crippen MR) is 113 cm³/mol. The summed E-state index contributed by atoms with van der Waals surface area (Å²) in [5.41, 5.74) is 4.14. The second-order valence-electron chi connectivity index (χ2n) is 8.10. The van der Waals surface area contributed by atoms with E-state index in [9.17, 15) is 0 Å². The van der Waals surface area contributed by atoms with Crippen LogP contribution < -0.4 is 14.7 Å². The Morgan fingerprint density at radius 2 is 1.70 bits per heavy atom. The van der Waals surface area contributed by atoms with Crippen LogP contribution in [0.2, 0.25) is 0 Å². The molecule has 2 saturated heterocycles. The van der Waals surface area contributed by atoms with E-state index in [1.54, 1.807) is 0 Å². The van der Waals surface area contributed by atoms with E-state index in [0.717, 1.165) is 57.0 Å². The van der Waals surface area contributed by atoms with E-state index in [-0.39, 0.29) is 0 Å². The lowest BCUT2D eigenvalue weighted by molar-refractivity contribution is 0.442. The number of hydrogen-bond acceptors (Lipinski definition) is 5. The van der Waals surface area contributed by atoms with E-state index in [2.05, 4.69) is 64.7 Å². The van der Waals surface area contributed by atoms with Crippen LogP contribution >= 0.6 is 0 Å². The molecule has 0 bridgehead atoms. The van der Waals surface area contributed by atoms with Crippen LogP contribution in [-0.4, -0.2) is 49.2 Å². The summed E-state index contributed by atoms with van der Waals surface area (Å²) in [5, 5.41) is 0. The second kappa shape index (κ2) is 7.75. The van der Waals surface area contributed by atoms with E-state index >= 15 is 0 Å². The zero-order valence-electron chi connectivity index (χ0n) is 16.9. The molecule has 2 aromatic rings. The lowest BCUT2D eigenvalue weighted by atomic mass is 10.0. The first-order valence-electron chi connectivity index (χ1n) is 10.3. The fourth-order valence-corrected chi connectivity index (χ4v) is 4.29. The number of anilines is 3. The number of benzene rings is 1. The van der Waals surface area contributed by atoms with Gasteiger partial charge in [-0.3, -0.25) is 0 Å². The highest BCUT2D eigenvalue weighted by atomic mass is 15.3. The third-order valence-electron chi connectivity index (χ3n) is 6.09. The average Bonchev–Trinajstić information content (AvgIpc) is 2.70. The summed E-state index contributed by atoms with van der Waals surface area (Å²) in [6, 6.07) is 8.67. The van der Waals surface area contributed by atoms with Gasteiger partial charge in [0.2, 0.25) is 5.95 Å². The Bertz CT molecular complexity index is 782. The molecule has 4 rings (SSSR count). The van der Waals surface area contributed by atoms with Gasteiger partial charge in [0, 0.05) is 51.2 Å². The largest absolute Gasteiger partial charge is 0.368 e. The summed E-state index contributed by atoms with van der Waals surface area (Å²) >= 11 is 0. The highest BCUT2D eigenvalue weighted by Crippen LogP contribution is 2.26. The van der Waals surface area contributed by atoms with Crippen LogP contribution in [0.4, 0.5) is 17.5 Å². The molecule has 0 N–H and O–H groups in total. The molecule has 5 nitrogen and oxygen atoms in total. The van der Waals surface area contributed by atoms with Gasteiger partial charge in [-0.1, -0.05) is 19.1 Å². The smallest absolute Gasteiger partial charge is 0.227 e. The van der Waals surface area contributed by atoms with E-state index in [1.165, 1.54) is 29.7 Å². The molecule has 2 aliphatic rings. The van der Waals surface area contributed by atoms with Gasteiger partial charge in [0.15, 0.2) is 0 Å². The first-order chi connectivity index (χ1) is 13.1. The minimum absolute atomic E-state index is 0.729. The van der Waals surface area contributed by atoms with E-state index in [4.69, 9.17) is 4.98 Å². The van der Waals surface area contributed by atoms with E-state index < -0.39 is 0 Å². The molecule has 3 heterocycles. The van der Waals surface area contributed by atoms with Crippen molar-refractivity contribution in [1.29, 1.82) is 0 Å². The molecule has 2 fully saturated rings. The number of piperazine rings is 1. The Morgan fingerprint density at radius 3 is 2.48 bits per heavy atom. The van der Waals surface area contributed by atoms with Gasteiger partial charge in [-0.15, -0.1) is 0 Å². The highest BCUT2D eigenvalue weighted by molar-refractivity contribution is 5.57. The van der Waals surface area contributed by atoms with Crippen LogP contribution in [0, 0.1) is 19.8 Å². The summed E-state index contributed by atoms with van der Waals surface area (Å²) in [4.78, 5) is 16.7. The first-order valence-corrected chi connectivity index (χ1v) is 10.3. The van der Waals surface area contributed by atoms with Gasteiger partial charge in [0.25, 0.3) is 0 Å². The molecule has 144 valence electrons. The van der Waals surface area contributed by atoms with Crippen molar-refractivity contribution in [2.24, 2.45) is 5.92 Å². The molecule has 0 amide bonds. The highest BCUT2D eigenvalue weighted by Gasteiger charge is 2.22. The van der Waals surface area contributed by atoms with Gasteiger partial charge in [-0.2, -0.15) is 4.98 Å². The van der Waals surface area contributed by atoms with Crippen molar-refractivity contribution >= 4 is 17.5 Å². The molecule has 1 unspecified atom stereocenters. The maximum Gasteiger partial charge on any atom is 0.227 e. The normalized spacial score (nSPS) is 20.9. The lowest BCUT2D eigenvalue weighted by Gasteiger charge is -2.38. The number of piperidine rings is 1. The number of hydrogen-bond donors (Lipinski definition) is 0. The molecule has 0 radical (unpaired) electrons. The molecule has 0 spiro atoms. The maximum atomic E-state index is 4.91. The van der Waals surface area contributed by atoms with Gasteiger partial charge < -0.3 is 14.7 Å². The van der Waals surface area contributed by atoms with Crippen molar-refractivity contribution in [2.75, 3.05) is 54.0 Å². The summed E-state index contributed by atoms with van der Waals surface area (Å²) < 4.78 is 0. The van der Waals surface area contributed by atoms with Crippen LogP contribution in [0.15, 0.2) is 30.5 Å². The Morgan fingerprint density at radius 1 is 0.926 bits per heavy atom. The van der Waals surface area contributed by atoms with E-state index in [1.807, 2.05) is 6.20 Å². The van der Waals surface area contributed by atoms with Crippen LogP contribution in [0.3, 0.4) is 0 Å². The summed E-state index contributed by atoms with van der Waals surface area (Å²) in [5.74, 6) is 2.70. The fourth-order valence-electron chi connectivity index (χ4n) is 4.29. The quantitative estimate of drug-likeness (QED) is 0.829. The number of aryl methyl sites for hydroxylation is 1. The Hall–Kier alpha value is -2.30. The zero-order valence-corrected chi connectivity index (χ0v) is 16.9. The van der Waals surface area contributed by atoms with Crippen molar-refractivity contribution in [2.45, 2.75) is 33.6 Å². The molecule has 2 aliphatic heterocycles. The summed E-state index contributed by atoms with van der Waals surface area (Å²) in [6.45, 7) is 13.0. The minimum atomic E-state index is 0.729. The topological polar surface area (TPSA) is 35.5 Å². The molecule has 1 aromatic carbocycles. The second-order valence-corrected chi connectivity index (χ2v) is 8.10. The molecule has 27 heavy (non-hydrogen) atoms. The van der Waals surface area contributed by atoms with Gasteiger partial charge in [-0.25, -0.2) is 4.98 Å². The lowest BCUT2D eigenvalue weighted by Crippen LogP contribution is -2.47. The molecule has 5 heteroatoms. The van der Waals surface area contributed by atoms with E-state index in [0.29, 0.717) is 0 Å². The van der Waals surface area contributed by atoms with Crippen molar-refractivity contribution < 1.29 is 0 Å². The van der Waals surface area contributed by atoms with Gasteiger partial charge in [0.05, 0.1) is 0 Å². The standard InChI is InChI=1S/C22H31N5/c1-17-6-5-11-27(16-17)22-23-10-9-21(24-22)26-14-12-25(13-15-26)20-8-4-7-18(2)19(20)3/h4,7-10,17H,5-6,11-16H2,1-3H3. The number of nitrogens with zero attached hydrogens (tertiary/aromatic N) is 5. The van der Waals surface area contributed by atoms with Crippen molar-refractivity contribution in [3.8, 4) is 0 Å². The molecule has 1 atom stereocenters. The summed E-state index contributed by atoms with van der Waals surface area (Å²) in [7, 11) is 0. The average molecular weight is 366 g/mol. The van der Waals surface area contributed by atoms with Gasteiger partial charge in [-0.05, 0) is 55.9 Å².